The molecule has 0 spiro atoms. The van der Waals surface area contributed by atoms with E-state index in [-0.39, 0.29) is 0 Å². The molecule has 0 saturated heterocycles. The van der Waals surface area contributed by atoms with E-state index in [0.717, 1.165) is 20.3 Å². The Morgan fingerprint density at radius 1 is 1.61 bits per heavy atom. The first kappa shape index (κ1) is 11.6. The zero-order chi connectivity index (χ0) is 12.7. The zero-order valence-electron chi connectivity index (χ0n) is 9.53. The van der Waals surface area contributed by atoms with Crippen LogP contribution in [0, 0.1) is 0 Å². The van der Waals surface area contributed by atoms with Crippen molar-refractivity contribution in [3.05, 3.63) is 23.5 Å². The molecule has 1 atom stereocenters. The van der Waals surface area contributed by atoms with Crippen molar-refractivity contribution in [3.8, 4) is 0 Å². The number of rotatable bonds is 2. The molecule has 0 amide bonds. The molecule has 7 heteroatoms. The van der Waals surface area contributed by atoms with E-state index in [2.05, 4.69) is 9.98 Å². The number of aliphatic imine (C=N–C) groups is 1. The number of thiazole rings is 1. The number of hydrogen-bond donors (Lipinski definition) is 1. The summed E-state index contributed by atoms with van der Waals surface area (Å²) in [6, 6.07) is 1.32. The van der Waals surface area contributed by atoms with Crippen LogP contribution < -0.4 is 4.57 Å². The van der Waals surface area contributed by atoms with Crippen LogP contribution in [0.5, 0.6) is 0 Å². The summed E-state index contributed by atoms with van der Waals surface area (Å²) in [5.41, 5.74) is 0.926. The first-order valence-corrected chi connectivity index (χ1v) is 7.13. The summed E-state index contributed by atoms with van der Waals surface area (Å²) in [4.78, 5) is 19.5. The van der Waals surface area contributed by atoms with Gasteiger partial charge in [-0.15, -0.1) is 23.1 Å². The highest BCUT2D eigenvalue weighted by Gasteiger charge is 2.27. The summed E-state index contributed by atoms with van der Waals surface area (Å²) in [6.07, 6.45) is 3.95. The summed E-state index contributed by atoms with van der Waals surface area (Å²) >= 11 is 3.01. The molecule has 3 heterocycles. The lowest BCUT2D eigenvalue weighted by Crippen LogP contribution is -2.25. The molecule has 0 radical (unpaired) electrons. The van der Waals surface area contributed by atoms with Crippen molar-refractivity contribution >= 4 is 44.3 Å². The summed E-state index contributed by atoms with van der Waals surface area (Å²) in [5.74, 6) is -0.376. The van der Waals surface area contributed by atoms with Crippen LogP contribution in [0.2, 0.25) is 0 Å². The van der Waals surface area contributed by atoms with E-state index in [1.807, 2.05) is 30.1 Å². The minimum absolute atomic E-state index is 0.494. The number of carbonyl (C=O) groups is 1. The fraction of sp³-hybridized carbons (Fsp3) is 0.273. The van der Waals surface area contributed by atoms with E-state index in [4.69, 9.17) is 5.11 Å². The summed E-state index contributed by atoms with van der Waals surface area (Å²) < 4.78 is 3.05. The number of carboxylic acids is 1. The molecule has 1 unspecified atom stereocenters. The quantitative estimate of drug-likeness (QED) is 0.836. The third-order valence-electron chi connectivity index (χ3n) is 2.59. The second-order valence-electron chi connectivity index (χ2n) is 3.98. The van der Waals surface area contributed by atoms with E-state index in [1.165, 1.54) is 11.8 Å². The highest BCUT2D eigenvalue weighted by Crippen LogP contribution is 2.28. The molecular formula is C11H10N3O2S2+. The molecule has 2 aromatic heterocycles. The van der Waals surface area contributed by atoms with Gasteiger partial charge in [0, 0.05) is 11.8 Å². The summed E-state index contributed by atoms with van der Waals surface area (Å²) in [5, 5.41) is 10.5. The molecule has 18 heavy (non-hydrogen) atoms. The lowest BCUT2D eigenvalue weighted by molar-refractivity contribution is -0.670. The number of aliphatic carboxylic acids is 1. The maximum atomic E-state index is 10.9. The Balaban J connectivity index is 2.00. The van der Waals surface area contributed by atoms with Gasteiger partial charge in [0.15, 0.2) is 18.4 Å². The average Bonchev–Trinajstić information content (AvgIpc) is 2.93. The largest absolute Gasteiger partial charge is 0.480 e. The number of thioether (sulfide) groups is 1. The Labute approximate surface area is 111 Å². The number of aryl methyl sites for hydroxylation is 1. The summed E-state index contributed by atoms with van der Waals surface area (Å²) in [7, 11) is 1.96. The maximum absolute atomic E-state index is 10.9. The Kier molecular flexibility index (Phi) is 2.79. The number of hydrogen-bond acceptors (Lipinski definition) is 5. The van der Waals surface area contributed by atoms with Crippen LogP contribution in [-0.4, -0.2) is 32.9 Å². The minimum Gasteiger partial charge on any atom is -0.480 e. The average molecular weight is 280 g/mol. The Bertz CT molecular complexity index is 665. The first-order valence-electron chi connectivity index (χ1n) is 5.33. The second kappa shape index (κ2) is 4.33. The maximum Gasteiger partial charge on any atom is 0.329 e. The molecule has 5 nitrogen and oxygen atoms in total. The van der Waals surface area contributed by atoms with Crippen molar-refractivity contribution in [2.45, 2.75) is 6.04 Å². The summed E-state index contributed by atoms with van der Waals surface area (Å²) in [6.45, 7) is 0. The van der Waals surface area contributed by atoms with Crippen molar-refractivity contribution in [1.82, 2.24) is 4.98 Å². The molecule has 1 aliphatic rings. The van der Waals surface area contributed by atoms with Crippen molar-refractivity contribution in [3.63, 3.8) is 0 Å². The predicted molar refractivity (Wildman–Crippen MR) is 71.2 cm³/mol. The molecule has 2 aromatic rings. The molecule has 1 N–H and O–H groups in total. The molecule has 3 rings (SSSR count). The van der Waals surface area contributed by atoms with Crippen LogP contribution in [0.1, 0.15) is 5.01 Å². The van der Waals surface area contributed by atoms with Crippen LogP contribution in [0.15, 0.2) is 23.5 Å². The molecule has 0 bridgehead atoms. The Morgan fingerprint density at radius 2 is 2.44 bits per heavy atom. The minimum atomic E-state index is -0.870. The van der Waals surface area contributed by atoms with Gasteiger partial charge in [-0.25, -0.2) is 14.3 Å². The normalized spacial score (nSPS) is 19.2. The van der Waals surface area contributed by atoms with Crippen LogP contribution >= 0.6 is 23.1 Å². The number of fused-ring (bicyclic) bond motifs is 1. The van der Waals surface area contributed by atoms with Crippen LogP contribution in [0.25, 0.3) is 10.2 Å². The topological polar surface area (TPSA) is 66.4 Å². The van der Waals surface area contributed by atoms with Gasteiger partial charge in [-0.1, -0.05) is 0 Å². The van der Waals surface area contributed by atoms with Crippen molar-refractivity contribution in [2.75, 3.05) is 5.75 Å². The standard InChI is InChI=1S/C11H9N3O2S2/c1-14-3-2-6-8(4-14)18-10(12-6)9-13-7(5-17-9)11(15)16/h2-4,7H,5H2,1H3/p+1. The lowest BCUT2D eigenvalue weighted by atomic mass is 10.4. The highest BCUT2D eigenvalue weighted by molar-refractivity contribution is 8.15. The zero-order valence-corrected chi connectivity index (χ0v) is 11.2. The van der Waals surface area contributed by atoms with Crippen LogP contribution in [-0.2, 0) is 11.8 Å². The lowest BCUT2D eigenvalue weighted by Gasteiger charge is -1.93. The monoisotopic (exact) mass is 280 g/mol. The van der Waals surface area contributed by atoms with Gasteiger partial charge in [0.25, 0.3) is 0 Å². The van der Waals surface area contributed by atoms with Gasteiger partial charge >= 0.3 is 5.97 Å². The second-order valence-corrected chi connectivity index (χ2v) is 6.02. The Morgan fingerprint density at radius 3 is 3.17 bits per heavy atom. The molecule has 92 valence electrons. The molecule has 0 aromatic carbocycles. The van der Waals surface area contributed by atoms with E-state index in [9.17, 15) is 4.79 Å². The first-order chi connectivity index (χ1) is 8.63. The van der Waals surface area contributed by atoms with Crippen LogP contribution in [0.3, 0.4) is 0 Å². The van der Waals surface area contributed by atoms with Gasteiger partial charge in [-0.05, 0) is 0 Å². The van der Waals surface area contributed by atoms with Gasteiger partial charge in [-0.3, -0.25) is 4.99 Å². The van der Waals surface area contributed by atoms with E-state index < -0.39 is 12.0 Å². The van der Waals surface area contributed by atoms with Gasteiger partial charge in [-0.2, -0.15) is 0 Å². The third kappa shape index (κ3) is 1.99. The smallest absolute Gasteiger partial charge is 0.329 e. The number of pyridine rings is 1. The molecule has 1 aliphatic heterocycles. The Hall–Kier alpha value is -1.47. The van der Waals surface area contributed by atoms with Crippen molar-refractivity contribution < 1.29 is 14.5 Å². The van der Waals surface area contributed by atoms with Gasteiger partial charge in [0.1, 0.15) is 21.8 Å². The SMILES string of the molecule is C[n+]1ccc2nc(C3=NC(C(=O)O)CS3)sc2c1. The van der Waals surface area contributed by atoms with E-state index >= 15 is 0 Å². The molecule has 0 fully saturated rings. The third-order valence-corrected chi connectivity index (χ3v) is 4.78. The van der Waals surface area contributed by atoms with E-state index in [0.29, 0.717) is 5.75 Å². The number of aromatic nitrogens is 2. The van der Waals surface area contributed by atoms with Gasteiger partial charge in [0.2, 0.25) is 0 Å². The van der Waals surface area contributed by atoms with Gasteiger partial charge < -0.3 is 5.11 Å². The fourth-order valence-electron chi connectivity index (χ4n) is 1.68. The number of carboxylic acid groups (broad SMARTS) is 1. The molecule has 0 saturated carbocycles. The fourth-order valence-corrected chi connectivity index (χ4v) is 3.82. The molecule has 0 aliphatic carbocycles. The molecular weight excluding hydrogens is 270 g/mol. The number of nitrogens with zero attached hydrogens (tertiary/aromatic N) is 3. The van der Waals surface area contributed by atoms with Crippen molar-refractivity contribution in [2.24, 2.45) is 12.0 Å². The van der Waals surface area contributed by atoms with Gasteiger partial charge in [0.05, 0.1) is 5.52 Å². The predicted octanol–water partition coefficient (Wildman–Crippen LogP) is 1.07. The highest BCUT2D eigenvalue weighted by atomic mass is 32.2. The van der Waals surface area contributed by atoms with Crippen molar-refractivity contribution in [1.29, 1.82) is 0 Å². The van der Waals surface area contributed by atoms with Crippen LogP contribution in [0.4, 0.5) is 0 Å². The van der Waals surface area contributed by atoms with E-state index in [1.54, 1.807) is 11.3 Å².